The lowest BCUT2D eigenvalue weighted by Gasteiger charge is -2.32. The molecule has 1 saturated heterocycles. The van der Waals surface area contributed by atoms with Gasteiger partial charge in [-0.3, -0.25) is 0 Å². The van der Waals surface area contributed by atoms with Gasteiger partial charge in [0.1, 0.15) is 11.9 Å². The molecule has 11 heteroatoms. The van der Waals surface area contributed by atoms with Crippen molar-refractivity contribution in [2.45, 2.75) is 31.3 Å². The Hall–Kier alpha value is -2.62. The monoisotopic (exact) mass is 466 g/mol. The second-order valence-electron chi connectivity index (χ2n) is 6.92. The van der Waals surface area contributed by atoms with Crippen molar-refractivity contribution in [3.63, 3.8) is 0 Å². The van der Waals surface area contributed by atoms with Crippen molar-refractivity contribution in [1.29, 1.82) is 0 Å². The molecule has 1 aliphatic heterocycles. The number of hydrogen-bond donors (Lipinski definition) is 1. The van der Waals surface area contributed by atoms with Gasteiger partial charge in [-0.2, -0.15) is 26.3 Å². The topological polar surface area (TPSA) is 41.6 Å². The predicted molar refractivity (Wildman–Crippen MR) is 102 cm³/mol. The summed E-state index contributed by atoms with van der Waals surface area (Å²) in [4.78, 5) is 13.8. The maximum atomic E-state index is 13.1. The Balaban J connectivity index is 1.60. The predicted octanol–water partition coefficient (Wildman–Crippen LogP) is 6.45. The van der Waals surface area contributed by atoms with E-state index in [9.17, 15) is 31.1 Å². The second-order valence-corrected chi connectivity index (χ2v) is 7.33. The van der Waals surface area contributed by atoms with Crippen LogP contribution in [0.25, 0.3) is 0 Å². The van der Waals surface area contributed by atoms with Crippen LogP contribution in [0.15, 0.2) is 42.5 Å². The number of benzene rings is 2. The van der Waals surface area contributed by atoms with Gasteiger partial charge in [0, 0.05) is 25.9 Å². The van der Waals surface area contributed by atoms with E-state index < -0.39 is 35.6 Å². The summed E-state index contributed by atoms with van der Waals surface area (Å²) in [6.07, 6.45) is -9.16. The molecule has 0 unspecified atom stereocenters. The highest BCUT2D eigenvalue weighted by Crippen LogP contribution is 2.37. The highest BCUT2D eigenvalue weighted by Gasteiger charge is 2.35. The summed E-state index contributed by atoms with van der Waals surface area (Å²) in [5.41, 5.74) is -2.02. The first-order valence-corrected chi connectivity index (χ1v) is 9.58. The first kappa shape index (κ1) is 23.1. The van der Waals surface area contributed by atoms with Crippen LogP contribution in [0, 0.1) is 0 Å². The number of anilines is 1. The van der Waals surface area contributed by atoms with Crippen LogP contribution < -0.4 is 10.1 Å². The molecule has 4 nitrogen and oxygen atoms in total. The highest BCUT2D eigenvalue weighted by atomic mass is 35.5. The number of rotatable bonds is 3. The first-order valence-electron chi connectivity index (χ1n) is 9.20. The Kier molecular flexibility index (Phi) is 6.59. The SMILES string of the molecule is O=C(Nc1cc(C(F)(F)F)ccc1Cl)N1CCC(Oc2ccccc2C(F)(F)F)CC1. The standard InChI is InChI=1S/C20H17ClF6N2O2/c21-15-6-5-12(19(22,23)24)11-16(15)28-18(30)29-9-7-13(8-10-29)31-17-4-2-1-3-14(17)20(25,26)27/h1-6,11,13H,7-10H2,(H,28,30). The van der Waals surface area contributed by atoms with E-state index in [2.05, 4.69) is 5.32 Å². The molecule has 2 aromatic rings. The van der Waals surface area contributed by atoms with Crippen molar-refractivity contribution >= 4 is 23.3 Å². The number of likely N-dealkylation sites (tertiary alicyclic amines) is 1. The number of para-hydroxylation sites is 1. The van der Waals surface area contributed by atoms with Gasteiger partial charge in [0.2, 0.25) is 0 Å². The molecule has 31 heavy (non-hydrogen) atoms. The number of halogens is 7. The molecule has 1 aliphatic rings. The number of piperidine rings is 1. The molecule has 168 valence electrons. The lowest BCUT2D eigenvalue weighted by Crippen LogP contribution is -2.43. The van der Waals surface area contributed by atoms with E-state index in [0.717, 1.165) is 24.3 Å². The van der Waals surface area contributed by atoms with Crippen molar-refractivity contribution in [1.82, 2.24) is 4.90 Å². The Morgan fingerprint density at radius 1 is 1.00 bits per heavy atom. The van der Waals surface area contributed by atoms with Gasteiger partial charge >= 0.3 is 18.4 Å². The average molecular weight is 467 g/mol. The normalized spacial score (nSPS) is 15.6. The van der Waals surface area contributed by atoms with Gasteiger partial charge in [0.05, 0.1) is 21.8 Å². The molecule has 1 fully saturated rings. The summed E-state index contributed by atoms with van der Waals surface area (Å²) >= 11 is 5.88. The quantitative estimate of drug-likeness (QED) is 0.528. The molecular formula is C20H17ClF6N2O2. The van der Waals surface area contributed by atoms with Crippen LogP contribution >= 0.6 is 11.6 Å². The zero-order valence-electron chi connectivity index (χ0n) is 15.9. The molecule has 2 amide bonds. The number of hydrogen-bond acceptors (Lipinski definition) is 2. The Bertz CT molecular complexity index is 940. The molecule has 0 spiro atoms. The van der Waals surface area contributed by atoms with Crippen molar-refractivity contribution in [2.24, 2.45) is 0 Å². The van der Waals surface area contributed by atoms with E-state index in [1.807, 2.05) is 0 Å². The molecule has 0 radical (unpaired) electrons. The summed E-state index contributed by atoms with van der Waals surface area (Å²) in [7, 11) is 0. The molecule has 0 bridgehead atoms. The van der Waals surface area contributed by atoms with E-state index in [1.54, 1.807) is 0 Å². The minimum Gasteiger partial charge on any atom is -0.490 e. The lowest BCUT2D eigenvalue weighted by atomic mass is 10.1. The van der Waals surface area contributed by atoms with Crippen LogP contribution in [0.3, 0.4) is 0 Å². The zero-order chi connectivity index (χ0) is 22.8. The minimum absolute atomic E-state index is 0.0525. The number of nitrogens with one attached hydrogen (secondary N) is 1. The van der Waals surface area contributed by atoms with Crippen LogP contribution in [0.5, 0.6) is 5.75 Å². The summed E-state index contributed by atoms with van der Waals surface area (Å²) in [5, 5.41) is 2.30. The van der Waals surface area contributed by atoms with Crippen molar-refractivity contribution in [2.75, 3.05) is 18.4 Å². The fraction of sp³-hybridized carbons (Fsp3) is 0.350. The zero-order valence-corrected chi connectivity index (χ0v) is 16.6. The molecule has 1 heterocycles. The number of alkyl halides is 6. The van der Waals surface area contributed by atoms with E-state index >= 15 is 0 Å². The van der Waals surface area contributed by atoms with Gasteiger partial charge in [-0.05, 0) is 30.3 Å². The van der Waals surface area contributed by atoms with Crippen LogP contribution in [-0.4, -0.2) is 30.1 Å². The average Bonchev–Trinajstić information content (AvgIpc) is 2.69. The third-order valence-corrected chi connectivity index (χ3v) is 5.08. The Morgan fingerprint density at radius 3 is 2.26 bits per heavy atom. The van der Waals surface area contributed by atoms with E-state index in [1.165, 1.54) is 23.1 Å². The maximum Gasteiger partial charge on any atom is 0.419 e. The molecule has 0 atom stereocenters. The second kappa shape index (κ2) is 8.86. The number of carbonyl (C=O) groups is 1. The summed E-state index contributed by atoms with van der Waals surface area (Å²) in [6.45, 7) is 0.308. The van der Waals surface area contributed by atoms with Gasteiger partial charge in [0.15, 0.2) is 0 Å². The molecule has 3 rings (SSSR count). The van der Waals surface area contributed by atoms with E-state index in [-0.39, 0.29) is 42.4 Å². The summed E-state index contributed by atoms with van der Waals surface area (Å²) < 4.78 is 83.4. The van der Waals surface area contributed by atoms with Crippen LogP contribution in [0.4, 0.5) is 36.8 Å². The fourth-order valence-electron chi connectivity index (χ4n) is 3.15. The van der Waals surface area contributed by atoms with E-state index in [0.29, 0.717) is 0 Å². The first-order chi connectivity index (χ1) is 14.4. The molecule has 0 saturated carbocycles. The van der Waals surface area contributed by atoms with Gasteiger partial charge in [0.25, 0.3) is 0 Å². The Labute approximate surface area is 178 Å². The smallest absolute Gasteiger partial charge is 0.419 e. The van der Waals surface area contributed by atoms with Gasteiger partial charge < -0.3 is 15.0 Å². The van der Waals surface area contributed by atoms with Gasteiger partial charge in [-0.25, -0.2) is 4.79 Å². The van der Waals surface area contributed by atoms with Gasteiger partial charge in [-0.1, -0.05) is 23.7 Å². The summed E-state index contributed by atoms with van der Waals surface area (Å²) in [5.74, 6) is -0.284. The molecule has 0 aromatic heterocycles. The molecule has 1 N–H and O–H groups in total. The third kappa shape index (κ3) is 5.75. The number of nitrogens with zero attached hydrogens (tertiary/aromatic N) is 1. The van der Waals surface area contributed by atoms with Crippen LogP contribution in [0.1, 0.15) is 24.0 Å². The number of urea groups is 1. The third-order valence-electron chi connectivity index (χ3n) is 4.75. The largest absolute Gasteiger partial charge is 0.490 e. The van der Waals surface area contributed by atoms with E-state index in [4.69, 9.17) is 16.3 Å². The molecule has 0 aliphatic carbocycles. The van der Waals surface area contributed by atoms with Crippen molar-refractivity contribution in [3.05, 3.63) is 58.6 Å². The maximum absolute atomic E-state index is 13.1. The Morgan fingerprint density at radius 2 is 1.65 bits per heavy atom. The van der Waals surface area contributed by atoms with Crippen LogP contribution in [-0.2, 0) is 12.4 Å². The number of carbonyl (C=O) groups excluding carboxylic acids is 1. The van der Waals surface area contributed by atoms with Gasteiger partial charge in [-0.15, -0.1) is 0 Å². The lowest BCUT2D eigenvalue weighted by molar-refractivity contribution is -0.139. The highest BCUT2D eigenvalue weighted by molar-refractivity contribution is 6.33. The molecular weight excluding hydrogens is 450 g/mol. The summed E-state index contributed by atoms with van der Waals surface area (Å²) in [6, 6.07) is 6.79. The minimum atomic E-state index is -4.59. The van der Waals surface area contributed by atoms with Crippen molar-refractivity contribution < 1.29 is 35.9 Å². The number of amides is 2. The van der Waals surface area contributed by atoms with Crippen LogP contribution in [0.2, 0.25) is 5.02 Å². The van der Waals surface area contributed by atoms with Crippen molar-refractivity contribution in [3.8, 4) is 5.75 Å². The molecule has 2 aromatic carbocycles. The fourth-order valence-corrected chi connectivity index (χ4v) is 3.32. The number of ether oxygens (including phenoxy) is 1.